The van der Waals surface area contributed by atoms with E-state index in [1.165, 1.54) is 0 Å². The average Bonchev–Trinajstić information content (AvgIpc) is 3.69. The summed E-state index contributed by atoms with van der Waals surface area (Å²) in [6, 6.07) is 27.2. The van der Waals surface area contributed by atoms with E-state index in [4.69, 9.17) is 4.43 Å². The molecule has 2 saturated heterocycles. The van der Waals surface area contributed by atoms with E-state index in [-0.39, 0.29) is 35.5 Å². The van der Waals surface area contributed by atoms with Crippen LogP contribution in [0.3, 0.4) is 0 Å². The second-order valence-corrected chi connectivity index (χ2v) is 21.2. The number of nitrogens with one attached hydrogen (secondary N) is 3. The minimum absolute atomic E-state index is 0.157. The molecule has 57 heavy (non-hydrogen) atoms. The topological polar surface area (TPSA) is 134 Å². The molecule has 0 unspecified atom stereocenters. The Kier molecular flexibility index (Phi) is 14.1. The Morgan fingerprint density at radius 2 is 1.44 bits per heavy atom. The second kappa shape index (κ2) is 18.6. The molecule has 5 rings (SSSR count). The lowest BCUT2D eigenvalue weighted by atomic mass is 9.86. The predicted octanol–water partition coefficient (Wildman–Crippen LogP) is 4.99. The summed E-state index contributed by atoms with van der Waals surface area (Å²) in [5.41, 5.74) is -0.498. The highest BCUT2D eigenvalue weighted by Crippen LogP contribution is 2.37. The number of benzene rings is 3. The Hall–Kier alpha value is -4.87. The smallest absolute Gasteiger partial charge is 0.262 e. The maximum absolute atomic E-state index is 14.1. The van der Waals surface area contributed by atoms with Gasteiger partial charge in [-0.2, -0.15) is 0 Å². The van der Waals surface area contributed by atoms with E-state index in [9.17, 15) is 24.0 Å². The minimum Gasteiger partial charge on any atom is -0.397 e. The third-order valence-corrected chi connectivity index (χ3v) is 16.8. The number of ketones is 1. The Morgan fingerprint density at radius 3 is 2.00 bits per heavy atom. The molecule has 0 spiro atoms. The van der Waals surface area contributed by atoms with Gasteiger partial charge >= 0.3 is 0 Å². The van der Waals surface area contributed by atoms with E-state index in [1.807, 2.05) is 80.6 Å². The molecule has 2 heterocycles. The minimum atomic E-state index is -2.94. The van der Waals surface area contributed by atoms with E-state index < -0.39 is 55.8 Å². The van der Waals surface area contributed by atoms with Gasteiger partial charge in [0, 0.05) is 13.0 Å². The molecule has 0 bridgehead atoms. The molecule has 11 heteroatoms. The molecule has 0 radical (unpaired) electrons. The predicted molar refractivity (Wildman–Crippen MR) is 226 cm³/mol. The molecule has 2 aliphatic rings. The fraction of sp³-hybridized carbons (Fsp3) is 0.457. The van der Waals surface area contributed by atoms with Crippen molar-refractivity contribution < 1.29 is 28.4 Å². The first-order valence-corrected chi connectivity index (χ1v) is 22.3. The third-order valence-electron chi connectivity index (χ3n) is 11.7. The summed E-state index contributed by atoms with van der Waals surface area (Å²) in [5, 5.41) is 10.7. The van der Waals surface area contributed by atoms with Gasteiger partial charge in [-0.25, -0.2) is 0 Å². The van der Waals surface area contributed by atoms with Crippen LogP contribution >= 0.6 is 0 Å². The van der Waals surface area contributed by atoms with Crippen LogP contribution in [0, 0.1) is 5.92 Å². The summed E-state index contributed by atoms with van der Waals surface area (Å²) in [5.74, 6) is -2.14. The average molecular weight is 793 g/mol. The number of amides is 4. The van der Waals surface area contributed by atoms with Gasteiger partial charge in [-0.1, -0.05) is 132 Å². The zero-order valence-electron chi connectivity index (χ0n) is 34.5. The van der Waals surface area contributed by atoms with Crippen LogP contribution in [0.5, 0.6) is 0 Å². The van der Waals surface area contributed by atoms with Gasteiger partial charge in [0.2, 0.25) is 23.6 Å². The summed E-state index contributed by atoms with van der Waals surface area (Å²) in [6.07, 6.45) is 5.17. The monoisotopic (exact) mass is 792 g/mol. The Bertz CT molecular complexity index is 1860. The molecule has 304 valence electrons. The molecule has 3 N–H and O–H groups in total. The van der Waals surface area contributed by atoms with Gasteiger partial charge in [0.25, 0.3) is 8.32 Å². The molecule has 5 atom stereocenters. The van der Waals surface area contributed by atoms with Crippen LogP contribution in [0.1, 0.15) is 86.1 Å². The van der Waals surface area contributed by atoms with Crippen molar-refractivity contribution >= 4 is 48.1 Å². The van der Waals surface area contributed by atoms with Crippen LogP contribution in [0.15, 0.2) is 103 Å². The van der Waals surface area contributed by atoms with E-state index >= 15 is 0 Å². The fourth-order valence-corrected chi connectivity index (χ4v) is 12.7. The molecule has 0 aliphatic carbocycles. The van der Waals surface area contributed by atoms with E-state index in [0.717, 1.165) is 15.9 Å². The molecular weight excluding hydrogens is 733 g/mol. The summed E-state index contributed by atoms with van der Waals surface area (Å²) < 4.78 is 6.98. The number of fused-ring (bicyclic) bond motifs is 1. The quantitative estimate of drug-likeness (QED) is 0.127. The Balaban J connectivity index is 1.30. The standard InChI is InChI=1S/C46H60N4O6Si/c1-32(2)46(7)44(55)48-38(31-34-21-12-8-13-22-34)43(54)50-30-20-28-39(50)42(53)47-37(41(52)49-46)27-18-11-19-29-40(51)33(3)56-57(45(4,5)6,35-23-14-9-15-24-35)36-25-16-10-17-26-36/h8-10,12-17,19,21-26,29,32-33,37-39H,11,18,20,27-28,30-31H2,1-7H3,(H,47,53)(H,48,55)(H,49,52)/b29-19+/t33-,37-,38-,39+,46-/m0/s1. The van der Waals surface area contributed by atoms with E-state index in [2.05, 4.69) is 61.0 Å². The molecule has 3 aromatic carbocycles. The second-order valence-electron chi connectivity index (χ2n) is 17.0. The van der Waals surface area contributed by atoms with Crippen molar-refractivity contribution in [3.63, 3.8) is 0 Å². The van der Waals surface area contributed by atoms with Crippen LogP contribution < -0.4 is 26.3 Å². The van der Waals surface area contributed by atoms with Crippen LogP contribution in [-0.4, -0.2) is 78.9 Å². The molecule has 3 aromatic rings. The number of hydrogen-bond donors (Lipinski definition) is 3. The van der Waals surface area contributed by atoms with Crippen molar-refractivity contribution in [1.82, 2.24) is 20.9 Å². The van der Waals surface area contributed by atoms with Crippen molar-refractivity contribution in [1.29, 1.82) is 0 Å². The number of carbonyl (C=O) groups is 5. The van der Waals surface area contributed by atoms with Crippen molar-refractivity contribution in [3.05, 3.63) is 109 Å². The first kappa shape index (κ1) is 43.3. The zero-order chi connectivity index (χ0) is 41.4. The van der Waals surface area contributed by atoms with Crippen molar-refractivity contribution in [2.75, 3.05) is 6.54 Å². The van der Waals surface area contributed by atoms with Gasteiger partial charge in [0.15, 0.2) is 5.78 Å². The van der Waals surface area contributed by atoms with Crippen LogP contribution in [0.2, 0.25) is 5.04 Å². The molecular formula is C46H60N4O6Si. The Labute approximate surface area is 339 Å². The molecule has 4 amide bonds. The van der Waals surface area contributed by atoms with Crippen LogP contribution in [0.25, 0.3) is 0 Å². The maximum atomic E-state index is 14.1. The first-order valence-electron chi connectivity index (χ1n) is 20.4. The number of unbranched alkanes of at least 4 members (excludes halogenated alkanes) is 1. The molecule has 2 fully saturated rings. The number of rotatable bonds is 13. The number of carbonyl (C=O) groups excluding carboxylic acids is 5. The highest BCUT2D eigenvalue weighted by atomic mass is 28.4. The van der Waals surface area contributed by atoms with Gasteiger partial charge < -0.3 is 25.3 Å². The molecule has 10 nitrogen and oxygen atoms in total. The molecule has 2 aliphatic heterocycles. The van der Waals surface area contributed by atoms with Gasteiger partial charge in [-0.3, -0.25) is 24.0 Å². The molecule has 0 saturated carbocycles. The van der Waals surface area contributed by atoms with E-state index in [1.54, 1.807) is 30.9 Å². The van der Waals surface area contributed by atoms with Crippen LogP contribution in [-0.2, 0) is 34.8 Å². The summed E-state index contributed by atoms with van der Waals surface area (Å²) in [6.45, 7) is 14.0. The lowest BCUT2D eigenvalue weighted by Crippen LogP contribution is -2.68. The largest absolute Gasteiger partial charge is 0.397 e. The van der Waals surface area contributed by atoms with Crippen molar-refractivity contribution in [3.8, 4) is 0 Å². The third kappa shape index (κ3) is 9.81. The molecule has 0 aromatic heterocycles. The van der Waals surface area contributed by atoms with Gasteiger partial charge in [0.05, 0.1) is 0 Å². The highest BCUT2D eigenvalue weighted by molar-refractivity contribution is 6.99. The lowest BCUT2D eigenvalue weighted by Gasteiger charge is -2.44. The fourth-order valence-electron chi connectivity index (χ4n) is 7.99. The maximum Gasteiger partial charge on any atom is 0.262 e. The Morgan fingerprint density at radius 1 is 0.860 bits per heavy atom. The zero-order valence-corrected chi connectivity index (χ0v) is 35.5. The van der Waals surface area contributed by atoms with Gasteiger partial charge in [-0.15, -0.1) is 0 Å². The van der Waals surface area contributed by atoms with Gasteiger partial charge in [0.1, 0.15) is 29.8 Å². The van der Waals surface area contributed by atoms with Crippen molar-refractivity contribution in [2.24, 2.45) is 5.92 Å². The SMILES string of the molecule is CC(C)[C@]1(C)NC(=O)[C@H](CCC/C=C/C(=O)[C@H](C)O[Si](c2ccccc2)(c2ccccc2)C(C)(C)C)NC(=O)[C@H]2CCCN2C(=O)[C@H](Cc2ccccc2)NC1=O. The van der Waals surface area contributed by atoms with E-state index in [0.29, 0.717) is 32.2 Å². The summed E-state index contributed by atoms with van der Waals surface area (Å²) in [4.78, 5) is 71.1. The first-order chi connectivity index (χ1) is 27.1. The summed E-state index contributed by atoms with van der Waals surface area (Å²) in [7, 11) is -2.94. The van der Waals surface area contributed by atoms with Crippen LogP contribution in [0.4, 0.5) is 0 Å². The van der Waals surface area contributed by atoms with Gasteiger partial charge in [-0.05, 0) is 78.9 Å². The highest BCUT2D eigenvalue weighted by Gasteiger charge is 2.51. The van der Waals surface area contributed by atoms with Crippen molar-refractivity contribution in [2.45, 2.75) is 122 Å². The summed E-state index contributed by atoms with van der Waals surface area (Å²) >= 11 is 0. The number of allylic oxidation sites excluding steroid dienone is 1. The number of hydrogen-bond acceptors (Lipinski definition) is 6. The normalized spacial score (nSPS) is 22.9. The number of nitrogens with zero attached hydrogens (tertiary/aromatic N) is 1. The lowest BCUT2D eigenvalue weighted by molar-refractivity contribution is -0.145.